The van der Waals surface area contributed by atoms with Gasteiger partial charge in [-0.15, -0.1) is 0 Å². The highest BCUT2D eigenvalue weighted by molar-refractivity contribution is 5.83. The van der Waals surface area contributed by atoms with Crippen LogP contribution >= 0.6 is 0 Å². The summed E-state index contributed by atoms with van der Waals surface area (Å²) >= 11 is 0. The number of rotatable bonds is 3. The zero-order valence-electron chi connectivity index (χ0n) is 11.5. The quantitative estimate of drug-likeness (QED) is 0.931. The summed E-state index contributed by atoms with van der Waals surface area (Å²) in [4.78, 5) is 4.38. The third-order valence-electron chi connectivity index (χ3n) is 3.81. The largest absolute Gasteiger partial charge is 0.474 e. The molecule has 2 aliphatic heterocycles. The molecule has 0 radical (unpaired) electrons. The second kappa shape index (κ2) is 5.67. The van der Waals surface area contributed by atoms with E-state index in [9.17, 15) is 13.2 Å². The minimum atomic E-state index is -4.30. The summed E-state index contributed by atoms with van der Waals surface area (Å²) in [6.07, 6.45) is -1.91. The van der Waals surface area contributed by atoms with Gasteiger partial charge < -0.3 is 10.1 Å². The van der Waals surface area contributed by atoms with Crippen molar-refractivity contribution < 1.29 is 17.9 Å². The Bertz CT molecular complexity index is 536. The Morgan fingerprint density at radius 2 is 2.19 bits per heavy atom. The van der Waals surface area contributed by atoms with Crippen molar-refractivity contribution in [1.82, 2.24) is 5.32 Å². The van der Waals surface area contributed by atoms with Crippen LogP contribution in [0, 0.1) is 0 Å². The van der Waals surface area contributed by atoms with Crippen LogP contribution < -0.4 is 5.32 Å². The smallest absolute Gasteiger partial charge is 0.416 e. The lowest BCUT2D eigenvalue weighted by Gasteiger charge is -2.15. The normalized spacial score (nSPS) is 25.8. The van der Waals surface area contributed by atoms with Crippen LogP contribution in [0.2, 0.25) is 0 Å². The van der Waals surface area contributed by atoms with E-state index < -0.39 is 11.7 Å². The van der Waals surface area contributed by atoms with Crippen molar-refractivity contribution in [2.75, 3.05) is 13.1 Å². The molecule has 2 atom stereocenters. The Kier molecular flexibility index (Phi) is 3.89. The molecule has 1 aromatic rings. The zero-order chi connectivity index (χ0) is 14.9. The van der Waals surface area contributed by atoms with Gasteiger partial charge in [-0.1, -0.05) is 18.2 Å². The maximum absolute atomic E-state index is 12.7. The molecule has 1 fully saturated rings. The second-order valence-electron chi connectivity index (χ2n) is 5.47. The van der Waals surface area contributed by atoms with Crippen molar-refractivity contribution in [2.45, 2.75) is 37.6 Å². The minimum absolute atomic E-state index is 0.161. The van der Waals surface area contributed by atoms with Crippen LogP contribution in [0.5, 0.6) is 0 Å². The van der Waals surface area contributed by atoms with Crippen molar-refractivity contribution in [3.05, 3.63) is 35.4 Å². The molecule has 1 saturated heterocycles. The van der Waals surface area contributed by atoms with Crippen LogP contribution in [0.4, 0.5) is 13.2 Å². The molecule has 21 heavy (non-hydrogen) atoms. The van der Waals surface area contributed by atoms with Gasteiger partial charge in [0.1, 0.15) is 6.10 Å². The molecule has 3 rings (SSSR count). The molecule has 1 aromatic carbocycles. The lowest BCUT2D eigenvalue weighted by molar-refractivity contribution is -0.137. The molecule has 2 aliphatic rings. The second-order valence-corrected chi connectivity index (χ2v) is 5.47. The highest BCUT2D eigenvalue weighted by Gasteiger charge is 2.31. The van der Waals surface area contributed by atoms with Crippen LogP contribution in [0.15, 0.2) is 29.3 Å². The SMILES string of the molecule is FC(F)(F)c1cccc(CC2CN=C(C3CCCN3)O2)c1. The molecule has 114 valence electrons. The van der Waals surface area contributed by atoms with E-state index in [0.29, 0.717) is 24.4 Å². The Balaban J connectivity index is 1.61. The number of hydrogen-bond donors (Lipinski definition) is 1. The average molecular weight is 298 g/mol. The maximum Gasteiger partial charge on any atom is 0.416 e. The maximum atomic E-state index is 12.7. The first-order chi connectivity index (χ1) is 10.0. The summed E-state index contributed by atoms with van der Waals surface area (Å²) in [5.74, 6) is 0.712. The Labute approximate surface area is 121 Å². The predicted octanol–water partition coefficient (Wildman–Crippen LogP) is 2.80. The van der Waals surface area contributed by atoms with Gasteiger partial charge in [-0.25, -0.2) is 0 Å². The number of alkyl halides is 3. The van der Waals surface area contributed by atoms with Gasteiger partial charge in [0.2, 0.25) is 5.90 Å². The molecular formula is C15H17F3N2O. The van der Waals surface area contributed by atoms with Crippen molar-refractivity contribution in [2.24, 2.45) is 4.99 Å². The van der Waals surface area contributed by atoms with E-state index in [4.69, 9.17) is 4.74 Å². The first-order valence-electron chi connectivity index (χ1n) is 7.13. The number of hydrogen-bond acceptors (Lipinski definition) is 3. The fourth-order valence-corrected chi connectivity index (χ4v) is 2.77. The monoisotopic (exact) mass is 298 g/mol. The molecule has 3 nitrogen and oxygen atoms in total. The molecular weight excluding hydrogens is 281 g/mol. The van der Waals surface area contributed by atoms with E-state index in [1.165, 1.54) is 12.1 Å². The number of aliphatic imine (C=N–C) groups is 1. The van der Waals surface area contributed by atoms with Crippen LogP contribution in [-0.2, 0) is 17.3 Å². The first kappa shape index (κ1) is 14.4. The van der Waals surface area contributed by atoms with E-state index in [-0.39, 0.29) is 12.1 Å². The zero-order valence-corrected chi connectivity index (χ0v) is 11.5. The van der Waals surface area contributed by atoms with E-state index in [1.807, 2.05) is 0 Å². The molecule has 1 N–H and O–H groups in total. The molecule has 0 saturated carbocycles. The number of nitrogens with one attached hydrogen (secondary N) is 1. The number of halogens is 3. The molecule has 0 spiro atoms. The van der Waals surface area contributed by atoms with Gasteiger partial charge >= 0.3 is 6.18 Å². The molecule has 0 bridgehead atoms. The molecule has 2 heterocycles. The van der Waals surface area contributed by atoms with E-state index in [0.717, 1.165) is 25.5 Å². The Morgan fingerprint density at radius 1 is 1.33 bits per heavy atom. The van der Waals surface area contributed by atoms with Gasteiger partial charge in [-0.2, -0.15) is 13.2 Å². The summed E-state index contributed by atoms with van der Waals surface area (Å²) < 4.78 is 43.8. The van der Waals surface area contributed by atoms with E-state index in [2.05, 4.69) is 10.3 Å². The van der Waals surface area contributed by atoms with E-state index >= 15 is 0 Å². The number of ether oxygens (including phenoxy) is 1. The van der Waals surface area contributed by atoms with Gasteiger partial charge in [0, 0.05) is 6.42 Å². The number of benzene rings is 1. The fraction of sp³-hybridized carbons (Fsp3) is 0.533. The summed E-state index contributed by atoms with van der Waals surface area (Å²) in [5.41, 5.74) is 0.0160. The van der Waals surface area contributed by atoms with Crippen LogP contribution in [0.1, 0.15) is 24.0 Å². The minimum Gasteiger partial charge on any atom is -0.474 e. The van der Waals surface area contributed by atoms with Crippen molar-refractivity contribution in [1.29, 1.82) is 0 Å². The Morgan fingerprint density at radius 3 is 2.90 bits per heavy atom. The first-order valence-corrected chi connectivity index (χ1v) is 7.13. The number of nitrogens with zero attached hydrogens (tertiary/aromatic N) is 1. The van der Waals surface area contributed by atoms with Crippen molar-refractivity contribution in [3.8, 4) is 0 Å². The third kappa shape index (κ3) is 3.37. The molecule has 2 unspecified atom stereocenters. The van der Waals surface area contributed by atoms with Crippen LogP contribution in [-0.4, -0.2) is 31.1 Å². The van der Waals surface area contributed by atoms with Gasteiger partial charge in [0.25, 0.3) is 0 Å². The van der Waals surface area contributed by atoms with Gasteiger partial charge in [-0.05, 0) is 31.0 Å². The highest BCUT2D eigenvalue weighted by Crippen LogP contribution is 2.30. The molecule has 0 aromatic heterocycles. The lowest BCUT2D eigenvalue weighted by atomic mass is 10.0. The predicted molar refractivity (Wildman–Crippen MR) is 73.3 cm³/mol. The van der Waals surface area contributed by atoms with Crippen LogP contribution in [0.3, 0.4) is 0 Å². The summed E-state index contributed by atoms with van der Waals surface area (Å²) in [6, 6.07) is 5.59. The molecule has 0 amide bonds. The van der Waals surface area contributed by atoms with E-state index in [1.54, 1.807) is 6.07 Å². The molecule has 0 aliphatic carbocycles. The topological polar surface area (TPSA) is 33.6 Å². The highest BCUT2D eigenvalue weighted by atomic mass is 19.4. The van der Waals surface area contributed by atoms with Crippen molar-refractivity contribution in [3.63, 3.8) is 0 Å². The van der Waals surface area contributed by atoms with Gasteiger partial charge in [0.15, 0.2) is 0 Å². The summed E-state index contributed by atoms with van der Waals surface area (Å²) in [7, 11) is 0. The Hall–Kier alpha value is -1.56. The molecule has 6 heteroatoms. The average Bonchev–Trinajstić information content (AvgIpc) is 3.08. The third-order valence-corrected chi connectivity index (χ3v) is 3.81. The standard InChI is InChI=1S/C15H17F3N2O/c16-15(17,18)11-4-1-3-10(7-11)8-12-9-20-14(21-12)13-5-2-6-19-13/h1,3-4,7,12-13,19H,2,5-6,8-9H2. The lowest BCUT2D eigenvalue weighted by Crippen LogP contribution is -2.32. The summed E-state index contributed by atoms with van der Waals surface area (Å²) in [6.45, 7) is 1.48. The summed E-state index contributed by atoms with van der Waals surface area (Å²) in [5, 5.41) is 3.31. The fourth-order valence-electron chi connectivity index (χ4n) is 2.77. The van der Waals surface area contributed by atoms with Crippen LogP contribution in [0.25, 0.3) is 0 Å². The van der Waals surface area contributed by atoms with Crippen molar-refractivity contribution >= 4 is 5.90 Å². The van der Waals surface area contributed by atoms with Gasteiger partial charge in [-0.3, -0.25) is 4.99 Å². The van der Waals surface area contributed by atoms with Gasteiger partial charge in [0.05, 0.1) is 18.2 Å².